The standard InChI is InChI=1S/C22H24S2/c1-5-7-3-9-13(5)15-11(1)17(7)21(19(9)15)23-22(24-21)18-8-4-10-14-6(8)2-12(18)16(14)20(10)22/h5-20H,1-4H2. The van der Waals surface area contributed by atoms with Crippen LogP contribution in [-0.4, -0.2) is 8.16 Å². The fraction of sp³-hybridized carbons (Fsp3) is 1.00. The van der Waals surface area contributed by atoms with Crippen molar-refractivity contribution in [3.05, 3.63) is 0 Å². The Labute approximate surface area is 152 Å². The smallest absolute Gasteiger partial charge is 0.0706 e. The lowest BCUT2D eigenvalue weighted by Gasteiger charge is -2.69. The first-order valence-electron chi connectivity index (χ1n) is 11.2. The Morgan fingerprint density at radius 3 is 1.33 bits per heavy atom. The second kappa shape index (κ2) is 2.75. The van der Waals surface area contributed by atoms with E-state index < -0.39 is 0 Å². The summed E-state index contributed by atoms with van der Waals surface area (Å²) in [7, 11) is 0. The first kappa shape index (κ1) is 11.5. The van der Waals surface area contributed by atoms with E-state index in [2.05, 4.69) is 23.5 Å². The molecule has 11 rings (SSSR count). The van der Waals surface area contributed by atoms with Crippen LogP contribution in [0.2, 0.25) is 0 Å². The number of rotatable bonds is 0. The molecule has 0 nitrogen and oxygen atoms in total. The summed E-state index contributed by atoms with van der Waals surface area (Å²) in [6.07, 6.45) is 6.78. The number of fused-ring (bicyclic) bond motifs is 8. The molecule has 24 heavy (non-hydrogen) atoms. The minimum absolute atomic E-state index is 0.796. The average molecular weight is 353 g/mol. The first-order valence-corrected chi connectivity index (χ1v) is 12.9. The van der Waals surface area contributed by atoms with E-state index in [1.165, 1.54) is 94.7 Å². The van der Waals surface area contributed by atoms with Gasteiger partial charge >= 0.3 is 0 Å². The van der Waals surface area contributed by atoms with Gasteiger partial charge in [0.25, 0.3) is 0 Å². The minimum Gasteiger partial charge on any atom is -0.125 e. The molecule has 1 heterocycles. The molecule has 2 spiro atoms. The third kappa shape index (κ3) is 0.687. The molecule has 11 fully saturated rings. The molecule has 0 radical (unpaired) electrons. The van der Waals surface area contributed by atoms with E-state index in [-0.39, 0.29) is 0 Å². The zero-order valence-corrected chi connectivity index (χ0v) is 15.5. The highest BCUT2D eigenvalue weighted by Crippen LogP contribution is 2.99. The van der Waals surface area contributed by atoms with Gasteiger partial charge in [-0.2, -0.15) is 0 Å². The van der Waals surface area contributed by atoms with Crippen molar-refractivity contribution in [3.63, 3.8) is 0 Å². The number of hydrogen-bond acceptors (Lipinski definition) is 2. The zero-order valence-electron chi connectivity index (χ0n) is 13.9. The molecule has 11 aliphatic rings. The van der Waals surface area contributed by atoms with E-state index in [0.29, 0.717) is 0 Å². The van der Waals surface area contributed by atoms with E-state index in [4.69, 9.17) is 0 Å². The lowest BCUT2D eigenvalue weighted by molar-refractivity contribution is 0.0127. The van der Waals surface area contributed by atoms with Gasteiger partial charge in [-0.25, -0.2) is 0 Å². The first-order chi connectivity index (χ1) is 11.8. The molecule has 4 bridgehead atoms. The van der Waals surface area contributed by atoms with Crippen molar-refractivity contribution < 1.29 is 0 Å². The van der Waals surface area contributed by atoms with Crippen molar-refractivity contribution in [2.24, 2.45) is 94.7 Å². The third-order valence-electron chi connectivity index (χ3n) is 13.2. The minimum atomic E-state index is 0.796. The molecular weight excluding hydrogens is 328 g/mol. The van der Waals surface area contributed by atoms with Crippen LogP contribution < -0.4 is 0 Å². The fourth-order valence-electron chi connectivity index (χ4n) is 13.9. The topological polar surface area (TPSA) is 0 Å². The summed E-state index contributed by atoms with van der Waals surface area (Å²) < 4.78 is 1.59. The van der Waals surface area contributed by atoms with Crippen LogP contribution in [0.25, 0.3) is 0 Å². The van der Waals surface area contributed by atoms with Crippen LogP contribution in [-0.2, 0) is 0 Å². The van der Waals surface area contributed by atoms with Gasteiger partial charge in [0, 0.05) is 0 Å². The molecule has 124 valence electrons. The maximum Gasteiger partial charge on any atom is 0.0706 e. The Morgan fingerprint density at radius 2 is 0.833 bits per heavy atom. The van der Waals surface area contributed by atoms with Crippen molar-refractivity contribution in [1.82, 2.24) is 0 Å². The van der Waals surface area contributed by atoms with Gasteiger partial charge in [-0.1, -0.05) is 0 Å². The highest BCUT2D eigenvalue weighted by molar-refractivity contribution is 8.35. The normalized spacial score (nSPS) is 94.0. The van der Waals surface area contributed by atoms with E-state index in [1.54, 1.807) is 25.7 Å². The van der Waals surface area contributed by atoms with Gasteiger partial charge in [0.15, 0.2) is 0 Å². The highest BCUT2D eigenvalue weighted by Gasteiger charge is 2.94. The van der Waals surface area contributed by atoms with Crippen molar-refractivity contribution in [2.75, 3.05) is 0 Å². The summed E-state index contributed by atoms with van der Waals surface area (Å²) in [6.45, 7) is 0. The molecule has 0 N–H and O–H groups in total. The summed E-state index contributed by atoms with van der Waals surface area (Å²) in [4.78, 5) is 0. The molecule has 2 heteroatoms. The second-order valence-electron chi connectivity index (χ2n) is 12.3. The number of hydrogen-bond donors (Lipinski definition) is 0. The monoisotopic (exact) mass is 352 g/mol. The van der Waals surface area contributed by atoms with E-state index in [1.807, 2.05) is 0 Å². The Kier molecular flexibility index (Phi) is 1.32. The zero-order chi connectivity index (χ0) is 14.5. The van der Waals surface area contributed by atoms with Gasteiger partial charge in [0.1, 0.15) is 0 Å². The fourth-order valence-corrected chi connectivity index (χ4v) is 20.2. The lowest BCUT2D eigenvalue weighted by atomic mass is 9.59. The SMILES string of the molecule is C1C2C3CC4C2C2C1C3C1(SC3(S1)C1C5CC6C7C5CC1C7C63)C42. The molecule has 16 atom stereocenters. The molecule has 1 saturated heterocycles. The van der Waals surface area contributed by atoms with Crippen LogP contribution in [0.15, 0.2) is 0 Å². The van der Waals surface area contributed by atoms with Crippen LogP contribution in [0.5, 0.6) is 0 Å². The Morgan fingerprint density at radius 1 is 0.417 bits per heavy atom. The van der Waals surface area contributed by atoms with Gasteiger partial charge in [0.2, 0.25) is 0 Å². The van der Waals surface area contributed by atoms with Crippen LogP contribution in [0.1, 0.15) is 25.7 Å². The second-order valence-corrected chi connectivity index (χ2v) is 15.9. The van der Waals surface area contributed by atoms with Crippen molar-refractivity contribution in [2.45, 2.75) is 33.8 Å². The molecular formula is C22H24S2. The third-order valence-corrected chi connectivity index (χ3v) is 17.7. The lowest BCUT2D eigenvalue weighted by Crippen LogP contribution is -2.64. The Balaban J connectivity index is 1.11. The summed E-state index contributed by atoms with van der Waals surface area (Å²) >= 11 is 5.46. The van der Waals surface area contributed by atoms with Gasteiger partial charge in [-0.3, -0.25) is 0 Å². The van der Waals surface area contributed by atoms with Gasteiger partial charge < -0.3 is 0 Å². The molecule has 1 aliphatic heterocycles. The molecule has 0 amide bonds. The Hall–Kier alpha value is 0.700. The molecule has 10 saturated carbocycles. The molecule has 0 aromatic heterocycles. The summed E-state index contributed by atoms with van der Waals surface area (Å²) in [5.74, 6) is 19.7. The van der Waals surface area contributed by atoms with Crippen molar-refractivity contribution >= 4 is 23.5 Å². The van der Waals surface area contributed by atoms with Gasteiger partial charge in [0.05, 0.1) is 8.16 Å². The largest absolute Gasteiger partial charge is 0.125 e. The predicted octanol–water partition coefficient (Wildman–Crippen LogP) is 4.41. The molecule has 10 aliphatic carbocycles. The van der Waals surface area contributed by atoms with Crippen LogP contribution in [0.3, 0.4) is 0 Å². The molecule has 16 unspecified atom stereocenters. The summed E-state index contributed by atoms with van der Waals surface area (Å²) in [6, 6.07) is 0. The maximum absolute atomic E-state index is 2.73. The Bertz CT molecular complexity index is 722. The molecule has 0 aromatic rings. The van der Waals surface area contributed by atoms with Crippen LogP contribution in [0.4, 0.5) is 0 Å². The maximum atomic E-state index is 2.73. The van der Waals surface area contributed by atoms with Crippen LogP contribution in [0, 0.1) is 94.7 Å². The summed E-state index contributed by atoms with van der Waals surface area (Å²) in [5.41, 5.74) is 0. The number of thioether (sulfide) groups is 2. The quantitative estimate of drug-likeness (QED) is 0.633. The van der Waals surface area contributed by atoms with E-state index >= 15 is 0 Å². The van der Waals surface area contributed by atoms with Crippen molar-refractivity contribution in [1.29, 1.82) is 0 Å². The average Bonchev–Trinajstić information content (AvgIpc) is 3.17. The van der Waals surface area contributed by atoms with E-state index in [0.717, 1.165) is 8.16 Å². The summed E-state index contributed by atoms with van der Waals surface area (Å²) in [5, 5.41) is 0. The van der Waals surface area contributed by atoms with Crippen molar-refractivity contribution in [3.8, 4) is 0 Å². The molecule has 0 aromatic carbocycles. The predicted molar refractivity (Wildman–Crippen MR) is 95.0 cm³/mol. The van der Waals surface area contributed by atoms with E-state index in [9.17, 15) is 0 Å². The van der Waals surface area contributed by atoms with Gasteiger partial charge in [-0.15, -0.1) is 23.5 Å². The van der Waals surface area contributed by atoms with Gasteiger partial charge in [-0.05, 0) is 120 Å². The van der Waals surface area contributed by atoms with Crippen LogP contribution >= 0.6 is 23.5 Å². The highest BCUT2D eigenvalue weighted by atomic mass is 32.3.